The molecule has 0 aliphatic carbocycles. The number of anilines is 1. The number of aromatic nitrogens is 5. The largest absolute Gasteiger partial charge is 0.488 e. The lowest BCUT2D eigenvalue weighted by Crippen LogP contribution is -2.74. The van der Waals surface area contributed by atoms with E-state index in [1.807, 2.05) is 0 Å². The third kappa shape index (κ3) is 5.59. The molecule has 4 rings (SSSR count). The number of nitrogens with two attached hydrogens (primary N) is 1. The van der Waals surface area contributed by atoms with E-state index in [4.69, 9.17) is 10.8 Å². The maximum Gasteiger partial charge on any atom is 0.344 e. The first kappa shape index (κ1) is 28.0. The number of thioether (sulfide) groups is 2. The van der Waals surface area contributed by atoms with Gasteiger partial charge in [0, 0.05) is 36.6 Å². The zero-order chi connectivity index (χ0) is 28.5. The molecule has 21 heteroatoms. The number of aliphatic carboxylic acids is 2. The third-order valence-electron chi connectivity index (χ3n) is 5.59. The van der Waals surface area contributed by atoms with Gasteiger partial charge in [0.2, 0.25) is 24.1 Å². The molecule has 2 fully saturated rings. The molecular weight excluding hydrogens is 582 g/mol. The Bertz CT molecular complexity index is 1430. The summed E-state index contributed by atoms with van der Waals surface area (Å²) in [5.41, 5.74) is 2.85. The molecular formula is C18H19N9O9S3. The summed E-state index contributed by atoms with van der Waals surface area (Å²) in [6.45, 7) is -1.02. The van der Waals surface area contributed by atoms with Gasteiger partial charge in [0.25, 0.3) is 11.8 Å². The first-order valence-electron chi connectivity index (χ1n) is 10.7. The molecule has 2 unspecified atom stereocenters. The minimum absolute atomic E-state index is 0.0127. The quantitative estimate of drug-likeness (QED) is 0.0807. The van der Waals surface area contributed by atoms with Crippen LogP contribution in [-0.4, -0.2) is 110 Å². The Morgan fingerprint density at radius 3 is 2.69 bits per heavy atom. The second-order valence-electron chi connectivity index (χ2n) is 8.23. The number of hydrogen-bond donors (Lipinski definition) is 5. The molecule has 2 aromatic heterocycles. The van der Waals surface area contributed by atoms with Gasteiger partial charge in [-0.25, -0.2) is 4.79 Å². The standard InChI is InChI=1S/C18H19N9O9S3/c1-26-13(33)11(31)22-23-17(26)38-5-18(15(34)35)3-27-12(32)8(14(27)37-4-18)20-10(30)7(24-36-2-6(28)29)9-21-16(19)39-25-9/h8,14H,2-5H2,1H3,(H,20,30)(H,22,31)(H,28,29)(H,34,35)(H2,19,21,25)/t8?,14-,18?/m1/s1. The number of amides is 2. The Labute approximate surface area is 229 Å². The Morgan fingerprint density at radius 1 is 1.31 bits per heavy atom. The summed E-state index contributed by atoms with van der Waals surface area (Å²) >= 11 is 2.84. The first-order chi connectivity index (χ1) is 18.4. The average Bonchev–Trinajstić information content (AvgIpc) is 3.33. The highest BCUT2D eigenvalue weighted by atomic mass is 32.2. The monoisotopic (exact) mass is 601 g/mol. The lowest BCUT2D eigenvalue weighted by Gasteiger charge is -2.53. The van der Waals surface area contributed by atoms with E-state index in [0.717, 1.165) is 39.6 Å². The molecule has 2 saturated heterocycles. The first-order valence-corrected chi connectivity index (χ1v) is 13.5. The van der Waals surface area contributed by atoms with E-state index >= 15 is 0 Å². The van der Waals surface area contributed by atoms with E-state index < -0.39 is 64.3 Å². The number of oxime groups is 1. The van der Waals surface area contributed by atoms with Crippen molar-refractivity contribution in [3.8, 4) is 5.88 Å². The van der Waals surface area contributed by atoms with Crippen LogP contribution in [0.3, 0.4) is 0 Å². The van der Waals surface area contributed by atoms with Gasteiger partial charge < -0.3 is 36.1 Å². The van der Waals surface area contributed by atoms with Gasteiger partial charge in [-0.1, -0.05) is 16.9 Å². The predicted octanol–water partition coefficient (Wildman–Crippen LogP) is -2.62. The number of β-lactam (4-membered cyclic amide) rings is 1. The smallest absolute Gasteiger partial charge is 0.344 e. The fourth-order valence-electron chi connectivity index (χ4n) is 3.55. The second kappa shape index (κ2) is 11.0. The van der Waals surface area contributed by atoms with Gasteiger partial charge in [-0.3, -0.25) is 23.7 Å². The molecule has 18 nitrogen and oxygen atoms in total. The van der Waals surface area contributed by atoms with Gasteiger partial charge in [-0.2, -0.15) is 9.36 Å². The maximum atomic E-state index is 12.9. The highest BCUT2D eigenvalue weighted by molar-refractivity contribution is 8.00. The van der Waals surface area contributed by atoms with Crippen molar-refractivity contribution in [2.45, 2.75) is 16.6 Å². The van der Waals surface area contributed by atoms with E-state index in [-0.39, 0.29) is 34.2 Å². The minimum atomic E-state index is -1.41. The number of rotatable bonds is 10. The van der Waals surface area contributed by atoms with Crippen molar-refractivity contribution in [3.05, 3.63) is 16.2 Å². The van der Waals surface area contributed by atoms with Crippen LogP contribution in [0.2, 0.25) is 0 Å². The number of carbonyl (C=O) groups excluding carboxylic acids is 2. The van der Waals surface area contributed by atoms with Crippen molar-refractivity contribution >= 4 is 69.7 Å². The molecule has 2 amide bonds. The van der Waals surface area contributed by atoms with E-state index in [2.05, 4.69) is 34.9 Å². The zero-order valence-corrected chi connectivity index (χ0v) is 22.2. The van der Waals surface area contributed by atoms with Crippen molar-refractivity contribution in [2.24, 2.45) is 17.6 Å². The zero-order valence-electron chi connectivity index (χ0n) is 19.7. The van der Waals surface area contributed by atoms with Crippen LogP contribution in [-0.2, 0) is 31.1 Å². The van der Waals surface area contributed by atoms with E-state index in [1.165, 1.54) is 11.9 Å². The van der Waals surface area contributed by atoms with Crippen LogP contribution in [0.15, 0.2) is 15.1 Å². The van der Waals surface area contributed by atoms with Gasteiger partial charge in [0.05, 0.1) is 0 Å². The van der Waals surface area contributed by atoms with Crippen molar-refractivity contribution in [3.63, 3.8) is 0 Å². The Morgan fingerprint density at radius 2 is 2.05 bits per heavy atom. The molecule has 3 atom stereocenters. The number of nitrogens with one attached hydrogen (secondary N) is 1. The summed E-state index contributed by atoms with van der Waals surface area (Å²) in [7, 11) is 1.35. The van der Waals surface area contributed by atoms with E-state index in [1.54, 1.807) is 0 Å². The summed E-state index contributed by atoms with van der Waals surface area (Å²) in [4.78, 5) is 70.5. The lowest BCUT2D eigenvalue weighted by molar-refractivity contribution is -0.157. The number of fused-ring (bicyclic) bond motifs is 1. The van der Waals surface area contributed by atoms with Gasteiger partial charge in [0.15, 0.2) is 10.3 Å². The molecule has 0 bridgehead atoms. The normalized spacial score (nSPS) is 22.5. The predicted molar refractivity (Wildman–Crippen MR) is 134 cm³/mol. The maximum absolute atomic E-state index is 12.9. The molecule has 0 aromatic carbocycles. The number of carbonyl (C=O) groups is 4. The van der Waals surface area contributed by atoms with Crippen LogP contribution in [0, 0.1) is 5.41 Å². The molecule has 208 valence electrons. The van der Waals surface area contributed by atoms with Crippen LogP contribution in [0.5, 0.6) is 5.88 Å². The number of hydrogen-bond acceptors (Lipinski definition) is 16. The van der Waals surface area contributed by atoms with Gasteiger partial charge >= 0.3 is 17.5 Å². The summed E-state index contributed by atoms with van der Waals surface area (Å²) in [6, 6.07) is -1.04. The van der Waals surface area contributed by atoms with E-state index in [0.29, 0.717) is 0 Å². The highest BCUT2D eigenvalue weighted by Crippen LogP contribution is 2.44. The molecule has 0 spiro atoms. The fraction of sp³-hybridized carbons (Fsp3) is 0.444. The van der Waals surface area contributed by atoms with Gasteiger partial charge in [0.1, 0.15) is 16.8 Å². The minimum Gasteiger partial charge on any atom is -0.488 e. The van der Waals surface area contributed by atoms with Crippen LogP contribution < -0.4 is 16.6 Å². The van der Waals surface area contributed by atoms with Crippen LogP contribution >= 0.6 is 35.1 Å². The topological polar surface area (TPSA) is 265 Å². The highest BCUT2D eigenvalue weighted by Gasteiger charge is 2.57. The molecule has 0 saturated carbocycles. The fourth-order valence-corrected chi connectivity index (χ4v) is 6.75. The van der Waals surface area contributed by atoms with E-state index in [9.17, 15) is 34.2 Å². The summed E-state index contributed by atoms with van der Waals surface area (Å²) in [6.07, 6.45) is 0. The number of aromatic hydroxyl groups is 1. The molecule has 4 heterocycles. The number of nitrogens with zero attached hydrogens (tertiary/aromatic N) is 7. The Hall–Kier alpha value is -3.98. The van der Waals surface area contributed by atoms with Crippen LogP contribution in [0.1, 0.15) is 5.82 Å². The molecule has 39 heavy (non-hydrogen) atoms. The molecule has 2 aliphatic heterocycles. The number of carboxylic acid groups (broad SMARTS) is 2. The van der Waals surface area contributed by atoms with Crippen molar-refractivity contribution < 1.29 is 39.3 Å². The van der Waals surface area contributed by atoms with Gasteiger partial charge in [-0.05, 0) is 0 Å². The Kier molecular flexibility index (Phi) is 7.92. The average molecular weight is 602 g/mol. The summed E-state index contributed by atoms with van der Waals surface area (Å²) < 4.78 is 4.89. The SMILES string of the molecule is Cn1c(SCC2(C(=O)O)CS[C@@H]3C(NC(=O)C(=NOCC(=O)O)c4nsc(N)n4)C(=O)N3C2)nnc(O)c1=O. The number of carboxylic acids is 2. The van der Waals surface area contributed by atoms with Crippen molar-refractivity contribution in [2.75, 3.05) is 30.4 Å². The molecule has 6 N–H and O–H groups in total. The molecule has 0 radical (unpaired) electrons. The lowest BCUT2D eigenvalue weighted by atomic mass is 9.89. The third-order valence-corrected chi connectivity index (χ3v) is 9.03. The van der Waals surface area contributed by atoms with Crippen molar-refractivity contribution in [1.82, 2.24) is 34.3 Å². The van der Waals surface area contributed by atoms with Gasteiger partial charge in [-0.15, -0.1) is 22.0 Å². The second-order valence-corrected chi connectivity index (χ2v) is 11.1. The molecule has 2 aliphatic rings. The molecule has 2 aromatic rings. The summed E-state index contributed by atoms with van der Waals surface area (Å²) in [5.74, 6) is -5.01. The summed E-state index contributed by atoms with van der Waals surface area (Å²) in [5, 5.41) is 40.7. The van der Waals surface area contributed by atoms with Crippen molar-refractivity contribution in [1.29, 1.82) is 0 Å². The van der Waals surface area contributed by atoms with Crippen LogP contribution in [0.25, 0.3) is 0 Å². The Balaban J connectivity index is 1.45. The number of nitrogen functional groups attached to an aromatic ring is 1. The van der Waals surface area contributed by atoms with Crippen LogP contribution in [0.4, 0.5) is 5.13 Å².